The van der Waals surface area contributed by atoms with Crippen molar-refractivity contribution in [3.05, 3.63) is 0 Å². The molecule has 0 unspecified atom stereocenters. The molecular formula is C11H25N3O. The van der Waals surface area contributed by atoms with E-state index in [0.717, 1.165) is 19.1 Å². The van der Waals surface area contributed by atoms with Gasteiger partial charge in [-0.1, -0.05) is 13.8 Å². The van der Waals surface area contributed by atoms with E-state index in [4.69, 9.17) is 4.74 Å². The summed E-state index contributed by atoms with van der Waals surface area (Å²) >= 11 is 0. The largest absolute Gasteiger partial charge is 0.379 e. The molecule has 0 rings (SSSR count). The highest BCUT2D eigenvalue weighted by Crippen LogP contribution is 1.93. The average Bonchev–Trinajstić information content (AvgIpc) is 2.08. The van der Waals surface area contributed by atoms with Crippen molar-refractivity contribution in [2.24, 2.45) is 10.9 Å². The molecule has 0 aliphatic carbocycles. The predicted octanol–water partition coefficient (Wildman–Crippen LogP) is 1.14. The van der Waals surface area contributed by atoms with Gasteiger partial charge in [0.25, 0.3) is 0 Å². The molecule has 4 nitrogen and oxygen atoms in total. The van der Waals surface area contributed by atoms with Crippen LogP contribution in [-0.4, -0.2) is 63.7 Å². The van der Waals surface area contributed by atoms with Crippen molar-refractivity contribution in [1.29, 1.82) is 0 Å². The molecule has 90 valence electrons. The van der Waals surface area contributed by atoms with Crippen LogP contribution in [0.4, 0.5) is 0 Å². The number of guanidine groups is 1. The summed E-state index contributed by atoms with van der Waals surface area (Å²) in [5, 5.41) is 0. The van der Waals surface area contributed by atoms with Gasteiger partial charge in [0.1, 0.15) is 0 Å². The van der Waals surface area contributed by atoms with Crippen LogP contribution >= 0.6 is 0 Å². The zero-order valence-corrected chi connectivity index (χ0v) is 10.9. The van der Waals surface area contributed by atoms with E-state index in [1.165, 1.54) is 0 Å². The summed E-state index contributed by atoms with van der Waals surface area (Å²) in [6.07, 6.45) is 0. The Labute approximate surface area is 93.9 Å². The first-order valence-electron chi connectivity index (χ1n) is 5.42. The maximum Gasteiger partial charge on any atom is 0.195 e. The summed E-state index contributed by atoms with van der Waals surface area (Å²) in [4.78, 5) is 8.47. The Hall–Kier alpha value is -0.770. The van der Waals surface area contributed by atoms with Crippen LogP contribution in [-0.2, 0) is 4.74 Å². The first-order chi connectivity index (χ1) is 6.95. The molecular weight excluding hydrogens is 190 g/mol. The second kappa shape index (κ2) is 7.51. The van der Waals surface area contributed by atoms with Crippen LogP contribution in [0.25, 0.3) is 0 Å². The zero-order chi connectivity index (χ0) is 11.8. The highest BCUT2D eigenvalue weighted by Gasteiger charge is 2.02. The predicted molar refractivity (Wildman–Crippen MR) is 65.3 cm³/mol. The van der Waals surface area contributed by atoms with Crippen molar-refractivity contribution >= 4 is 5.96 Å². The SMILES string of the molecule is CC(C)COCCN=C(N(C)C)N(C)C. The fraction of sp³-hybridized carbons (Fsp3) is 0.909. The van der Waals surface area contributed by atoms with Gasteiger partial charge in [0.15, 0.2) is 5.96 Å². The van der Waals surface area contributed by atoms with E-state index in [9.17, 15) is 0 Å². The Kier molecular flexibility index (Phi) is 7.13. The Morgan fingerprint density at radius 3 is 2.07 bits per heavy atom. The summed E-state index contributed by atoms with van der Waals surface area (Å²) in [6, 6.07) is 0. The fourth-order valence-corrected chi connectivity index (χ4v) is 1.21. The molecule has 0 atom stereocenters. The number of ether oxygens (including phenoxy) is 1. The number of aliphatic imine (C=N–C) groups is 1. The lowest BCUT2D eigenvalue weighted by molar-refractivity contribution is 0.116. The van der Waals surface area contributed by atoms with Gasteiger partial charge < -0.3 is 14.5 Å². The van der Waals surface area contributed by atoms with Crippen molar-refractivity contribution in [2.45, 2.75) is 13.8 Å². The van der Waals surface area contributed by atoms with Crippen LogP contribution in [0.1, 0.15) is 13.8 Å². The second-order valence-electron chi connectivity index (χ2n) is 4.44. The minimum atomic E-state index is 0.594. The van der Waals surface area contributed by atoms with E-state index >= 15 is 0 Å². The summed E-state index contributed by atoms with van der Waals surface area (Å²) in [5.74, 6) is 1.57. The molecule has 0 bridgehead atoms. The van der Waals surface area contributed by atoms with Crippen molar-refractivity contribution in [3.8, 4) is 0 Å². The van der Waals surface area contributed by atoms with E-state index < -0.39 is 0 Å². The second-order valence-corrected chi connectivity index (χ2v) is 4.44. The summed E-state index contributed by atoms with van der Waals surface area (Å²) in [5.41, 5.74) is 0. The van der Waals surface area contributed by atoms with Gasteiger partial charge in [-0.15, -0.1) is 0 Å². The summed E-state index contributed by atoms with van der Waals surface area (Å²) in [7, 11) is 7.98. The van der Waals surface area contributed by atoms with Crippen molar-refractivity contribution in [2.75, 3.05) is 47.9 Å². The molecule has 0 radical (unpaired) electrons. The Balaban J connectivity index is 3.81. The third-order valence-electron chi connectivity index (χ3n) is 1.74. The van der Waals surface area contributed by atoms with Gasteiger partial charge in [-0.2, -0.15) is 0 Å². The van der Waals surface area contributed by atoms with Crippen molar-refractivity contribution < 1.29 is 4.74 Å². The standard InChI is InChI=1S/C11H25N3O/c1-10(2)9-15-8-7-12-11(13(3)4)14(5)6/h10H,7-9H2,1-6H3. The molecule has 0 saturated carbocycles. The minimum absolute atomic E-state index is 0.594. The Morgan fingerprint density at radius 2 is 1.67 bits per heavy atom. The van der Waals surface area contributed by atoms with Gasteiger partial charge in [-0.3, -0.25) is 4.99 Å². The summed E-state index contributed by atoms with van der Waals surface area (Å²) < 4.78 is 5.46. The molecule has 0 amide bonds. The molecule has 0 aromatic heterocycles. The lowest BCUT2D eigenvalue weighted by Gasteiger charge is -2.22. The normalized spacial score (nSPS) is 10.3. The van der Waals surface area contributed by atoms with Crippen LogP contribution in [0, 0.1) is 5.92 Å². The molecule has 0 aliphatic rings. The number of nitrogens with zero attached hydrogens (tertiary/aromatic N) is 3. The highest BCUT2D eigenvalue weighted by atomic mass is 16.5. The topological polar surface area (TPSA) is 28.1 Å². The van der Waals surface area contributed by atoms with Crippen LogP contribution in [0.3, 0.4) is 0 Å². The van der Waals surface area contributed by atoms with Gasteiger partial charge in [0.2, 0.25) is 0 Å². The maximum absolute atomic E-state index is 5.46. The number of rotatable bonds is 5. The highest BCUT2D eigenvalue weighted by molar-refractivity contribution is 5.79. The average molecular weight is 215 g/mol. The lowest BCUT2D eigenvalue weighted by atomic mass is 10.2. The van der Waals surface area contributed by atoms with E-state index in [-0.39, 0.29) is 0 Å². The zero-order valence-electron chi connectivity index (χ0n) is 10.9. The molecule has 0 aliphatic heterocycles. The van der Waals surface area contributed by atoms with Gasteiger partial charge in [0.05, 0.1) is 13.2 Å². The third-order valence-corrected chi connectivity index (χ3v) is 1.74. The van der Waals surface area contributed by atoms with Crippen LogP contribution < -0.4 is 0 Å². The van der Waals surface area contributed by atoms with Gasteiger partial charge in [-0.25, -0.2) is 0 Å². The maximum atomic E-state index is 5.46. The number of hydrogen-bond acceptors (Lipinski definition) is 2. The molecule has 0 aromatic carbocycles. The number of hydrogen-bond donors (Lipinski definition) is 0. The first kappa shape index (κ1) is 14.2. The monoisotopic (exact) mass is 215 g/mol. The molecule has 0 aromatic rings. The fourth-order valence-electron chi connectivity index (χ4n) is 1.21. The lowest BCUT2D eigenvalue weighted by Crippen LogP contribution is -2.35. The van der Waals surface area contributed by atoms with Crippen molar-refractivity contribution in [1.82, 2.24) is 9.80 Å². The smallest absolute Gasteiger partial charge is 0.195 e. The summed E-state index contributed by atoms with van der Waals surface area (Å²) in [6.45, 7) is 6.53. The Morgan fingerprint density at radius 1 is 1.13 bits per heavy atom. The van der Waals surface area contributed by atoms with E-state index in [1.54, 1.807) is 0 Å². The molecule has 0 fully saturated rings. The van der Waals surface area contributed by atoms with Gasteiger partial charge in [0, 0.05) is 34.8 Å². The molecule has 15 heavy (non-hydrogen) atoms. The van der Waals surface area contributed by atoms with Crippen LogP contribution in [0.15, 0.2) is 4.99 Å². The molecule has 0 heterocycles. The first-order valence-corrected chi connectivity index (χ1v) is 5.42. The van der Waals surface area contributed by atoms with Gasteiger partial charge in [-0.05, 0) is 5.92 Å². The van der Waals surface area contributed by atoms with Crippen LogP contribution in [0.2, 0.25) is 0 Å². The molecule has 0 spiro atoms. The molecule has 0 saturated heterocycles. The van der Waals surface area contributed by atoms with Gasteiger partial charge >= 0.3 is 0 Å². The van der Waals surface area contributed by atoms with Crippen molar-refractivity contribution in [3.63, 3.8) is 0 Å². The molecule has 0 N–H and O–H groups in total. The Bertz CT molecular complexity index is 178. The minimum Gasteiger partial charge on any atom is -0.379 e. The quantitative estimate of drug-likeness (QED) is 0.391. The van der Waals surface area contributed by atoms with E-state index in [1.807, 2.05) is 38.0 Å². The third kappa shape index (κ3) is 7.19. The van der Waals surface area contributed by atoms with E-state index in [0.29, 0.717) is 12.5 Å². The van der Waals surface area contributed by atoms with Crippen LogP contribution in [0.5, 0.6) is 0 Å². The molecule has 4 heteroatoms. The van der Waals surface area contributed by atoms with E-state index in [2.05, 4.69) is 18.8 Å².